The molecular weight excluding hydrogens is 1740 g/mol. The van der Waals surface area contributed by atoms with Crippen LogP contribution in [0.15, 0.2) is 0 Å². The lowest BCUT2D eigenvalue weighted by Crippen LogP contribution is -2.44. The number of amides is 3. The molecule has 0 aliphatic carbocycles. The summed E-state index contributed by atoms with van der Waals surface area (Å²) in [5, 5.41) is 19.1. The topological polar surface area (TPSA) is 233 Å². The minimum atomic E-state index is -2.96. The summed E-state index contributed by atoms with van der Waals surface area (Å²) in [7, 11) is 5.93. The van der Waals surface area contributed by atoms with Crippen LogP contribution >= 0.6 is 0 Å². The Morgan fingerprint density at radius 1 is 0.390 bits per heavy atom. The van der Waals surface area contributed by atoms with Crippen molar-refractivity contribution in [1.82, 2.24) is 54.6 Å². The first kappa shape index (κ1) is 133. The van der Waals surface area contributed by atoms with E-state index in [2.05, 4.69) is 250 Å². The van der Waals surface area contributed by atoms with Crippen molar-refractivity contribution in [3.63, 3.8) is 0 Å². The Kier molecular flexibility index (Phi) is 71.6. The summed E-state index contributed by atoms with van der Waals surface area (Å²) in [6.45, 7) is 91.1. The van der Waals surface area contributed by atoms with Gasteiger partial charge in [0.05, 0.1) is 17.7 Å². The van der Waals surface area contributed by atoms with Crippen LogP contribution in [0.1, 0.15) is 369 Å². The van der Waals surface area contributed by atoms with Crippen LogP contribution < -0.4 is 16.0 Å². The van der Waals surface area contributed by atoms with E-state index in [1.807, 2.05) is 35.5 Å². The Hall–Kier alpha value is -2.93. The molecule has 0 spiro atoms. The van der Waals surface area contributed by atoms with Crippen LogP contribution in [0.4, 0.5) is 4.79 Å². The average molecular weight is 1970 g/mol. The van der Waals surface area contributed by atoms with Gasteiger partial charge in [0.25, 0.3) is 0 Å². The van der Waals surface area contributed by atoms with Gasteiger partial charge in [-0.2, -0.15) is 18.0 Å². The molecule has 0 aromatic carbocycles. The zero-order valence-corrected chi connectivity index (χ0v) is 97.3. The lowest BCUT2D eigenvalue weighted by molar-refractivity contribution is -0.131. The standard InChI is InChI=1S/C12H23NO2.C10H19NO.C9H17NO.C9H15NO.3C9H19N.C8H17NO2S.2C8H17N.C8H16O.C7H15N.C6H13N.O2S/c1-9(2)10-7-6-8-13(10)11(14)15-12(3,4)5;1-8(2)10-4-6-11(7-5-10)9(3)12;1-7(2)9-5-4-6-10(9)8(3)11;1-8(2)9(7-10)3-5-11-6-4-9;3*1-8(2)9-4-6-10(3)7-5-9;1-7(2)8-5-4-6-9(8)12(3,10)11;1-7(2)8-5-4-6-9(8)3;2*1-7(2)8-3-5-9-6-4-8;1-6(2)7-4-3-5-8-7;1-5(2)6-3-7-4-6;1-3-2/h9-10H,6-8H2,1-5H3;8,10H,4-7H2,1-3H3;7,9H,4-6H2,1-3H3;8H,3-6H2,1-2H3;3*8-9H,4-7H2,1-3H3;7-8H,4-6H2,1-3H3;7-8H,4-6H2,1-3H3;7-9H,3-6H2,1-2H3;7-8H,3-6H2,1-2H3;6-8H,3-5H2,1-2H3;5-7H,3-4H2,1-2H3;. The third kappa shape index (κ3) is 57.7. The quantitative estimate of drug-likeness (QED) is 0.147. The van der Waals surface area contributed by atoms with Gasteiger partial charge in [-0.25, -0.2) is 13.2 Å². The van der Waals surface area contributed by atoms with Crippen molar-refractivity contribution in [2.45, 2.75) is 405 Å². The number of hydrogen-bond donors (Lipinski definition) is 3. The van der Waals surface area contributed by atoms with Crippen LogP contribution in [0.3, 0.4) is 0 Å². The monoisotopic (exact) mass is 1960 g/mol. The van der Waals surface area contributed by atoms with E-state index in [1.165, 1.54) is 200 Å². The summed E-state index contributed by atoms with van der Waals surface area (Å²) >= 11 is -0.750. The van der Waals surface area contributed by atoms with Crippen molar-refractivity contribution in [3.8, 4) is 6.07 Å². The normalized spacial score (nSPS) is 23.8. The molecule has 3 N–H and O–H groups in total. The molecule has 136 heavy (non-hydrogen) atoms. The number of ether oxygens (including phenoxy) is 3. The van der Waals surface area contributed by atoms with E-state index < -0.39 is 21.6 Å². The molecule has 0 aromatic heterocycles. The van der Waals surface area contributed by atoms with E-state index in [9.17, 15) is 22.8 Å². The van der Waals surface area contributed by atoms with Crippen LogP contribution in [-0.4, -0.2) is 281 Å². The highest BCUT2D eigenvalue weighted by Crippen LogP contribution is 2.38. The molecule has 0 radical (unpaired) electrons. The molecule has 806 valence electrons. The fraction of sp³-hybridized carbons (Fsp3) is 0.964. The number of carbonyl (C=O) groups excluding carboxylic acids is 3. The van der Waals surface area contributed by atoms with Gasteiger partial charge in [-0.15, -0.1) is 0 Å². The SMILES string of the molecule is CC(=O)N1CCC(C(C)C)CC1.CC(=O)N1CCCC1C(C)C.CC(C)C1(C#N)CCOCC1.CC(C)C1CCCN1.CC(C)C1CCCN1C.CC(C)C1CCCN1C(=O)OC(C)(C)C.CC(C)C1CCCN1S(C)(=O)=O.CC(C)C1CCN(C)CC1.CC(C)C1CCN(C)CC1.CC(C)C1CCN(C)CC1.CC(C)C1CCNCC1.CC(C)C1CCOCC1.CC(C)C1CNC1.O=S=O. The summed E-state index contributed by atoms with van der Waals surface area (Å²) in [6.07, 6.45) is 31.3. The maximum atomic E-state index is 11.9. The Morgan fingerprint density at radius 3 is 0.971 bits per heavy atom. The molecule has 13 aliphatic heterocycles. The number of nitrogens with one attached hydrogen (secondary N) is 3. The second-order valence-corrected chi connectivity index (χ2v) is 50.1. The number of nitriles is 1. The molecule has 0 saturated carbocycles. The summed E-state index contributed by atoms with van der Waals surface area (Å²) < 4.78 is 56.6. The predicted octanol–water partition coefficient (Wildman–Crippen LogP) is 22.6. The third-order valence-electron chi connectivity index (χ3n) is 31.9. The molecule has 0 bridgehead atoms. The summed E-state index contributed by atoms with van der Waals surface area (Å²) in [5.74, 6) is 17.0. The lowest BCUT2D eigenvalue weighted by atomic mass is 9.73. The molecule has 5 unspecified atom stereocenters. The number of nitrogens with zero attached hydrogens (tertiary/aromatic N) is 9. The predicted molar refractivity (Wildman–Crippen MR) is 579 cm³/mol. The minimum Gasteiger partial charge on any atom is -0.444 e. The minimum absolute atomic E-state index is 0.0990. The van der Waals surface area contributed by atoms with Crippen molar-refractivity contribution in [2.75, 3.05) is 172 Å². The largest absolute Gasteiger partial charge is 0.444 e. The van der Waals surface area contributed by atoms with E-state index in [-0.39, 0.29) is 35.0 Å². The fourth-order valence-corrected chi connectivity index (χ4v) is 22.3. The summed E-state index contributed by atoms with van der Waals surface area (Å²) in [5.41, 5.74) is -0.487. The van der Waals surface area contributed by atoms with Crippen LogP contribution in [0.2, 0.25) is 0 Å². The van der Waals surface area contributed by atoms with Gasteiger partial charge in [0.15, 0.2) is 0 Å². The van der Waals surface area contributed by atoms with E-state index in [0.29, 0.717) is 42.3 Å². The molecule has 13 rings (SSSR count). The Morgan fingerprint density at radius 2 is 0.728 bits per heavy atom. The number of likely N-dealkylation sites (tertiary alicyclic amines) is 7. The highest BCUT2D eigenvalue weighted by Gasteiger charge is 2.38. The van der Waals surface area contributed by atoms with E-state index in [4.69, 9.17) is 27.9 Å². The molecule has 13 aliphatic rings. The first-order chi connectivity index (χ1) is 63.6. The molecule has 13 saturated heterocycles. The maximum Gasteiger partial charge on any atom is 0.410 e. The van der Waals surface area contributed by atoms with Gasteiger partial charge >= 0.3 is 17.7 Å². The van der Waals surface area contributed by atoms with Crippen LogP contribution in [0.25, 0.3) is 0 Å². The molecule has 0 aromatic rings. The third-order valence-corrected chi connectivity index (χ3v) is 33.2. The lowest BCUT2D eigenvalue weighted by Gasteiger charge is -2.34. The van der Waals surface area contributed by atoms with Gasteiger partial charge in [-0.3, -0.25) is 9.59 Å². The van der Waals surface area contributed by atoms with E-state index >= 15 is 0 Å². The molecule has 3 amide bonds. The average Bonchev–Trinajstić information content (AvgIpc) is 1.58. The number of rotatable bonds is 14. The van der Waals surface area contributed by atoms with E-state index in [0.717, 1.165) is 198 Å². The number of carbonyl (C=O) groups is 3. The highest BCUT2D eigenvalue weighted by atomic mass is 32.2. The molecular formula is C112H226N12O10S2. The van der Waals surface area contributed by atoms with Crippen molar-refractivity contribution in [1.29, 1.82) is 5.26 Å². The van der Waals surface area contributed by atoms with Crippen LogP contribution in [-0.2, 0) is 45.4 Å². The van der Waals surface area contributed by atoms with Gasteiger partial charge in [-0.05, 0) is 400 Å². The Bertz CT molecular complexity index is 3070. The van der Waals surface area contributed by atoms with Gasteiger partial charge in [0.1, 0.15) is 5.60 Å². The zero-order chi connectivity index (χ0) is 104. The van der Waals surface area contributed by atoms with Crippen molar-refractivity contribution in [2.24, 2.45) is 124 Å². The van der Waals surface area contributed by atoms with Crippen molar-refractivity contribution >= 4 is 39.5 Å². The highest BCUT2D eigenvalue weighted by molar-refractivity contribution is 7.88. The summed E-state index contributed by atoms with van der Waals surface area (Å²) in [6, 6.07) is 5.22. The molecule has 13 fully saturated rings. The van der Waals surface area contributed by atoms with E-state index in [1.54, 1.807) is 18.2 Å². The molecule has 22 nitrogen and oxygen atoms in total. The number of piperidine rings is 5. The van der Waals surface area contributed by atoms with Gasteiger partial charge < -0.3 is 64.5 Å². The second kappa shape index (κ2) is 73.2. The fourth-order valence-electron chi connectivity index (χ4n) is 21.0. The Labute approximate surface area is 846 Å². The molecule has 24 heteroatoms. The summed E-state index contributed by atoms with van der Waals surface area (Å²) in [4.78, 5) is 49.6. The first-order valence-corrected chi connectivity index (χ1v) is 58.0. The van der Waals surface area contributed by atoms with Gasteiger partial charge in [0.2, 0.25) is 21.8 Å². The van der Waals surface area contributed by atoms with Crippen LogP contribution in [0, 0.1) is 135 Å². The van der Waals surface area contributed by atoms with Crippen molar-refractivity contribution in [3.05, 3.63) is 0 Å². The van der Waals surface area contributed by atoms with Gasteiger partial charge in [0, 0.05) is 103 Å². The molecule has 13 heterocycles. The van der Waals surface area contributed by atoms with Gasteiger partial charge in [-0.1, -0.05) is 180 Å². The zero-order valence-electron chi connectivity index (χ0n) is 95.7. The second-order valence-electron chi connectivity index (χ2n) is 48.0. The Balaban J connectivity index is 0.00000145. The molecule has 5 atom stereocenters. The first-order valence-electron chi connectivity index (χ1n) is 55.5. The van der Waals surface area contributed by atoms with Crippen molar-refractivity contribution < 1.29 is 45.4 Å². The maximum absolute atomic E-state index is 11.9. The number of hydrogen-bond acceptors (Lipinski definition) is 18. The van der Waals surface area contributed by atoms with Crippen LogP contribution in [0.5, 0.6) is 0 Å². The smallest absolute Gasteiger partial charge is 0.410 e. The number of sulfonamides is 1.